The Balaban J connectivity index is 1.95. The quantitative estimate of drug-likeness (QED) is 0.728. The number of benzene rings is 2. The zero-order valence-electron chi connectivity index (χ0n) is 16.4. The topological polar surface area (TPSA) is 42.6 Å². The number of amides is 1. The van der Waals surface area contributed by atoms with Crippen LogP contribution in [0.4, 0.5) is 0 Å². The van der Waals surface area contributed by atoms with Gasteiger partial charge in [0.2, 0.25) is 0 Å². The molecule has 3 aromatic rings. The summed E-state index contributed by atoms with van der Waals surface area (Å²) in [5.74, 6) is 0.129. The average Bonchev–Trinajstić information content (AvgIpc) is 3.11. The molecule has 1 aromatic heterocycles. The fourth-order valence-corrected chi connectivity index (χ4v) is 3.14. The summed E-state index contributed by atoms with van der Waals surface area (Å²) in [4.78, 5) is 15.1. The summed E-state index contributed by atoms with van der Waals surface area (Å²) < 4.78 is 1.92. The lowest BCUT2D eigenvalue weighted by atomic mass is 10.1. The van der Waals surface area contributed by atoms with Crippen LogP contribution in [-0.4, -0.2) is 47.8 Å². The second-order valence-electron chi connectivity index (χ2n) is 7.13. The third kappa shape index (κ3) is 4.26. The largest absolute Gasteiger partial charge is 0.344 e. The summed E-state index contributed by atoms with van der Waals surface area (Å²) in [5.41, 5.74) is 4.20. The standard InChI is InChI=1S/C22H26N4O/c1-17(22(27)24(2)3)25(4)15-19-16-26(20-13-9-6-10-14-20)23-21(19)18-11-7-5-8-12-18/h5-14,16-17H,15H2,1-4H3/p+1/t17-/m0/s1. The van der Waals surface area contributed by atoms with Crippen LogP contribution in [0.5, 0.6) is 0 Å². The van der Waals surface area contributed by atoms with Crippen LogP contribution in [0.25, 0.3) is 16.9 Å². The first kappa shape index (κ1) is 18.9. The fraction of sp³-hybridized carbons (Fsp3) is 0.273. The van der Waals surface area contributed by atoms with Gasteiger partial charge in [-0.15, -0.1) is 0 Å². The first-order valence-electron chi connectivity index (χ1n) is 9.20. The van der Waals surface area contributed by atoms with E-state index in [4.69, 9.17) is 5.10 Å². The molecular formula is C22H27N4O+. The maximum absolute atomic E-state index is 12.3. The van der Waals surface area contributed by atoms with Gasteiger partial charge in [-0.3, -0.25) is 4.79 Å². The van der Waals surface area contributed by atoms with Crippen LogP contribution in [0.3, 0.4) is 0 Å². The molecule has 1 heterocycles. The zero-order valence-corrected chi connectivity index (χ0v) is 16.4. The van der Waals surface area contributed by atoms with E-state index >= 15 is 0 Å². The molecule has 5 nitrogen and oxygen atoms in total. The third-order valence-electron chi connectivity index (χ3n) is 4.88. The van der Waals surface area contributed by atoms with Crippen molar-refractivity contribution in [2.45, 2.75) is 19.5 Å². The number of rotatable bonds is 6. The molecule has 2 atom stereocenters. The van der Waals surface area contributed by atoms with E-state index in [-0.39, 0.29) is 11.9 Å². The summed E-state index contributed by atoms with van der Waals surface area (Å²) in [7, 11) is 5.66. The van der Waals surface area contributed by atoms with Gasteiger partial charge in [-0.2, -0.15) is 5.10 Å². The van der Waals surface area contributed by atoms with Crippen molar-refractivity contribution in [3.05, 3.63) is 72.4 Å². The third-order valence-corrected chi connectivity index (χ3v) is 4.88. The lowest BCUT2D eigenvalue weighted by molar-refractivity contribution is -0.908. The fourth-order valence-electron chi connectivity index (χ4n) is 3.14. The molecular weight excluding hydrogens is 336 g/mol. The molecule has 140 valence electrons. The number of carbonyl (C=O) groups is 1. The highest BCUT2D eigenvalue weighted by Crippen LogP contribution is 2.23. The van der Waals surface area contributed by atoms with Gasteiger partial charge >= 0.3 is 0 Å². The number of nitrogens with zero attached hydrogens (tertiary/aromatic N) is 3. The molecule has 3 rings (SSSR count). The van der Waals surface area contributed by atoms with E-state index in [0.29, 0.717) is 0 Å². The molecule has 5 heteroatoms. The molecule has 0 radical (unpaired) electrons. The molecule has 1 N–H and O–H groups in total. The van der Waals surface area contributed by atoms with Crippen molar-refractivity contribution in [2.75, 3.05) is 21.1 Å². The maximum Gasteiger partial charge on any atom is 0.280 e. The van der Waals surface area contributed by atoms with Crippen LogP contribution in [0, 0.1) is 0 Å². The van der Waals surface area contributed by atoms with E-state index in [1.807, 2.05) is 60.1 Å². The Kier molecular flexibility index (Phi) is 5.72. The smallest absolute Gasteiger partial charge is 0.280 e. The van der Waals surface area contributed by atoms with Crippen LogP contribution in [0.15, 0.2) is 66.9 Å². The SMILES string of the molecule is C[C@@H](C(=O)N(C)C)[NH+](C)Cc1cn(-c2ccccc2)nc1-c1ccccc1. The normalized spacial score (nSPS) is 13.2. The Bertz CT molecular complexity index is 887. The number of likely N-dealkylation sites (N-methyl/N-ethyl adjacent to an activating group) is 2. The van der Waals surface area contributed by atoms with Crippen molar-refractivity contribution in [1.82, 2.24) is 14.7 Å². The predicted molar refractivity (Wildman–Crippen MR) is 108 cm³/mol. The summed E-state index contributed by atoms with van der Waals surface area (Å²) >= 11 is 0. The summed E-state index contributed by atoms with van der Waals surface area (Å²) in [6, 6.07) is 20.2. The van der Waals surface area contributed by atoms with E-state index in [9.17, 15) is 4.79 Å². The van der Waals surface area contributed by atoms with Gasteiger partial charge in [0.25, 0.3) is 5.91 Å². The summed E-state index contributed by atoms with van der Waals surface area (Å²) in [6.45, 7) is 2.69. The number of hydrogen-bond donors (Lipinski definition) is 1. The number of para-hydroxylation sites is 1. The van der Waals surface area contributed by atoms with Gasteiger partial charge in [-0.25, -0.2) is 4.68 Å². The molecule has 0 fully saturated rings. The molecule has 0 aliphatic heterocycles. The molecule has 1 unspecified atom stereocenters. The predicted octanol–water partition coefficient (Wildman–Crippen LogP) is 2.03. The molecule has 0 saturated carbocycles. The molecule has 0 saturated heterocycles. The molecule has 1 amide bonds. The van der Waals surface area contributed by atoms with Gasteiger partial charge in [-0.1, -0.05) is 48.5 Å². The minimum atomic E-state index is -0.122. The van der Waals surface area contributed by atoms with E-state index in [0.717, 1.165) is 34.0 Å². The van der Waals surface area contributed by atoms with E-state index in [1.165, 1.54) is 0 Å². The van der Waals surface area contributed by atoms with Gasteiger partial charge in [0.05, 0.1) is 18.3 Å². The van der Waals surface area contributed by atoms with Crippen molar-refractivity contribution in [3.8, 4) is 16.9 Å². The summed E-state index contributed by atoms with van der Waals surface area (Å²) in [5, 5.41) is 4.85. The van der Waals surface area contributed by atoms with Crippen molar-refractivity contribution >= 4 is 5.91 Å². The minimum absolute atomic E-state index is 0.122. The van der Waals surface area contributed by atoms with Crippen molar-refractivity contribution in [1.29, 1.82) is 0 Å². The Morgan fingerprint density at radius 1 is 1.07 bits per heavy atom. The highest BCUT2D eigenvalue weighted by molar-refractivity contribution is 5.79. The Labute approximate surface area is 160 Å². The van der Waals surface area contributed by atoms with Crippen LogP contribution >= 0.6 is 0 Å². The van der Waals surface area contributed by atoms with Crippen LogP contribution in [-0.2, 0) is 11.3 Å². The second-order valence-corrected chi connectivity index (χ2v) is 7.13. The monoisotopic (exact) mass is 363 g/mol. The number of carbonyl (C=O) groups excluding carboxylic acids is 1. The minimum Gasteiger partial charge on any atom is -0.344 e. The van der Waals surface area contributed by atoms with E-state index in [2.05, 4.69) is 25.4 Å². The molecule has 2 aromatic carbocycles. The van der Waals surface area contributed by atoms with Crippen LogP contribution in [0.1, 0.15) is 12.5 Å². The molecule has 27 heavy (non-hydrogen) atoms. The number of hydrogen-bond acceptors (Lipinski definition) is 2. The molecule has 0 spiro atoms. The lowest BCUT2D eigenvalue weighted by Crippen LogP contribution is -3.12. The van der Waals surface area contributed by atoms with E-state index < -0.39 is 0 Å². The van der Waals surface area contributed by atoms with Gasteiger partial charge in [0.1, 0.15) is 12.2 Å². The molecule has 0 aliphatic rings. The number of quaternary nitrogens is 1. The number of aromatic nitrogens is 2. The van der Waals surface area contributed by atoms with Gasteiger partial charge < -0.3 is 9.80 Å². The highest BCUT2D eigenvalue weighted by atomic mass is 16.2. The van der Waals surface area contributed by atoms with Gasteiger partial charge in [0.15, 0.2) is 6.04 Å². The van der Waals surface area contributed by atoms with Gasteiger partial charge in [0, 0.05) is 25.9 Å². The average molecular weight is 363 g/mol. The first-order chi connectivity index (χ1) is 13.0. The Morgan fingerprint density at radius 3 is 2.26 bits per heavy atom. The van der Waals surface area contributed by atoms with Crippen molar-refractivity contribution in [3.63, 3.8) is 0 Å². The second kappa shape index (κ2) is 8.18. The van der Waals surface area contributed by atoms with E-state index in [1.54, 1.807) is 19.0 Å². The maximum atomic E-state index is 12.3. The Morgan fingerprint density at radius 2 is 1.67 bits per heavy atom. The highest BCUT2D eigenvalue weighted by Gasteiger charge is 2.25. The van der Waals surface area contributed by atoms with Crippen molar-refractivity contribution in [2.24, 2.45) is 0 Å². The number of nitrogens with one attached hydrogen (secondary N) is 1. The van der Waals surface area contributed by atoms with Gasteiger partial charge in [-0.05, 0) is 19.1 Å². The summed E-state index contributed by atoms with van der Waals surface area (Å²) in [6.07, 6.45) is 2.08. The Hall–Kier alpha value is -2.92. The first-order valence-corrected chi connectivity index (χ1v) is 9.20. The molecule has 0 aliphatic carbocycles. The zero-order chi connectivity index (χ0) is 19.4. The van der Waals surface area contributed by atoms with Crippen molar-refractivity contribution < 1.29 is 9.69 Å². The molecule has 0 bridgehead atoms. The van der Waals surface area contributed by atoms with Crippen LogP contribution < -0.4 is 4.90 Å². The van der Waals surface area contributed by atoms with Crippen LogP contribution in [0.2, 0.25) is 0 Å². The lowest BCUT2D eigenvalue weighted by Gasteiger charge is -2.23.